The first-order valence-electron chi connectivity index (χ1n) is 6.53. The van der Waals surface area contributed by atoms with Crippen LogP contribution < -0.4 is 9.47 Å². The van der Waals surface area contributed by atoms with Gasteiger partial charge in [0.1, 0.15) is 17.9 Å². The van der Waals surface area contributed by atoms with Crippen LogP contribution in [0.4, 0.5) is 0 Å². The van der Waals surface area contributed by atoms with Crippen molar-refractivity contribution in [1.29, 1.82) is 5.26 Å². The number of ether oxygens (including phenoxy) is 2. The first-order chi connectivity index (χ1) is 10.8. The molecule has 7 nitrogen and oxygen atoms in total. The second kappa shape index (κ2) is 5.69. The molecule has 0 N–H and O–H groups in total. The molecule has 1 aromatic carbocycles. The maximum atomic E-state index is 9.04. The first kappa shape index (κ1) is 13.8. The van der Waals surface area contributed by atoms with Gasteiger partial charge in [-0.2, -0.15) is 5.26 Å². The van der Waals surface area contributed by atoms with Crippen LogP contribution in [0.15, 0.2) is 30.9 Å². The van der Waals surface area contributed by atoms with Gasteiger partial charge in [0.25, 0.3) is 0 Å². The van der Waals surface area contributed by atoms with Crippen LogP contribution in [0.3, 0.4) is 0 Å². The van der Waals surface area contributed by atoms with Crippen molar-refractivity contribution in [2.45, 2.75) is 6.54 Å². The molecule has 0 amide bonds. The van der Waals surface area contributed by atoms with Crippen molar-refractivity contribution in [2.75, 3.05) is 14.2 Å². The van der Waals surface area contributed by atoms with Gasteiger partial charge in [0.05, 0.1) is 27.1 Å². The molecule has 7 heteroatoms. The second-order valence-electron chi connectivity index (χ2n) is 4.57. The zero-order chi connectivity index (χ0) is 15.5. The smallest absolute Gasteiger partial charge is 0.171 e. The highest BCUT2D eigenvalue weighted by Crippen LogP contribution is 2.28. The highest BCUT2D eigenvalue weighted by molar-refractivity contribution is 5.75. The lowest BCUT2D eigenvalue weighted by Gasteiger charge is -2.10. The summed E-state index contributed by atoms with van der Waals surface area (Å²) in [6.45, 7) is 0.554. The summed E-state index contributed by atoms with van der Waals surface area (Å²) in [6.07, 6.45) is 3.02. The summed E-state index contributed by atoms with van der Waals surface area (Å²) < 4.78 is 12.4. The molecular weight excluding hydrogens is 282 g/mol. The standard InChI is InChI=1S/C15H13N5O2/c1-21-12-4-3-10(5-13(12)22-2)7-20-9-19-14-11(6-16)17-8-18-15(14)20/h3-5,8-9H,7H2,1-2H3. The predicted molar refractivity (Wildman–Crippen MR) is 78.7 cm³/mol. The molecule has 0 aliphatic heterocycles. The highest BCUT2D eigenvalue weighted by atomic mass is 16.5. The van der Waals surface area contributed by atoms with E-state index in [2.05, 4.69) is 15.0 Å². The summed E-state index contributed by atoms with van der Waals surface area (Å²) in [5.74, 6) is 1.34. The number of hydrogen-bond acceptors (Lipinski definition) is 6. The van der Waals surface area contributed by atoms with Crippen LogP contribution in [-0.2, 0) is 6.54 Å². The molecule has 3 rings (SSSR count). The van der Waals surface area contributed by atoms with Crippen LogP contribution in [0.25, 0.3) is 11.2 Å². The molecule has 110 valence electrons. The fourth-order valence-corrected chi connectivity index (χ4v) is 2.25. The Morgan fingerprint density at radius 1 is 1.14 bits per heavy atom. The second-order valence-corrected chi connectivity index (χ2v) is 4.57. The number of imidazole rings is 1. The monoisotopic (exact) mass is 295 g/mol. The zero-order valence-electron chi connectivity index (χ0n) is 12.1. The summed E-state index contributed by atoms with van der Waals surface area (Å²) in [5, 5.41) is 9.04. The van der Waals surface area contributed by atoms with Crippen molar-refractivity contribution in [3.63, 3.8) is 0 Å². The lowest BCUT2D eigenvalue weighted by Crippen LogP contribution is -2.01. The normalized spacial score (nSPS) is 10.4. The Labute approximate surface area is 126 Å². The zero-order valence-corrected chi connectivity index (χ0v) is 12.1. The lowest BCUT2D eigenvalue weighted by molar-refractivity contribution is 0.354. The summed E-state index contributed by atoms with van der Waals surface area (Å²) >= 11 is 0. The first-order valence-corrected chi connectivity index (χ1v) is 6.53. The minimum atomic E-state index is 0.274. The van der Waals surface area contributed by atoms with E-state index in [0.717, 1.165) is 5.56 Å². The van der Waals surface area contributed by atoms with Crippen LogP contribution in [-0.4, -0.2) is 33.7 Å². The van der Waals surface area contributed by atoms with E-state index >= 15 is 0 Å². The van der Waals surface area contributed by atoms with Gasteiger partial charge in [0, 0.05) is 0 Å². The average molecular weight is 295 g/mol. The molecule has 0 bridgehead atoms. The number of nitrogens with zero attached hydrogens (tertiary/aromatic N) is 5. The highest BCUT2D eigenvalue weighted by Gasteiger charge is 2.11. The third-order valence-corrected chi connectivity index (χ3v) is 3.31. The van der Waals surface area contributed by atoms with Gasteiger partial charge in [-0.1, -0.05) is 6.07 Å². The molecule has 0 spiro atoms. The van der Waals surface area contributed by atoms with Gasteiger partial charge >= 0.3 is 0 Å². The quantitative estimate of drug-likeness (QED) is 0.729. The number of methoxy groups -OCH3 is 2. The van der Waals surface area contributed by atoms with Crippen molar-refractivity contribution in [1.82, 2.24) is 19.5 Å². The third kappa shape index (κ3) is 2.31. The average Bonchev–Trinajstić information content (AvgIpc) is 2.97. The maximum absolute atomic E-state index is 9.04. The summed E-state index contributed by atoms with van der Waals surface area (Å²) in [4.78, 5) is 12.3. The molecule has 0 saturated heterocycles. The Morgan fingerprint density at radius 2 is 1.95 bits per heavy atom. The van der Waals surface area contributed by atoms with Crippen molar-refractivity contribution in [3.8, 4) is 17.6 Å². The van der Waals surface area contributed by atoms with Crippen molar-refractivity contribution >= 4 is 11.2 Å². The van der Waals surface area contributed by atoms with E-state index in [-0.39, 0.29) is 5.69 Å². The molecule has 2 heterocycles. The number of fused-ring (bicyclic) bond motifs is 1. The van der Waals surface area contributed by atoms with Crippen molar-refractivity contribution in [2.24, 2.45) is 0 Å². The Kier molecular flexibility index (Phi) is 3.58. The summed E-state index contributed by atoms with van der Waals surface area (Å²) in [6, 6.07) is 7.71. The predicted octanol–water partition coefficient (Wildman–Crippen LogP) is 1.76. The van der Waals surface area contributed by atoms with Gasteiger partial charge in [-0.3, -0.25) is 0 Å². The van der Waals surface area contributed by atoms with Crippen LogP contribution in [0, 0.1) is 11.3 Å². The molecule has 0 unspecified atom stereocenters. The van der Waals surface area contributed by atoms with Crippen molar-refractivity contribution in [3.05, 3.63) is 42.1 Å². The molecule has 22 heavy (non-hydrogen) atoms. The molecule has 0 aliphatic rings. The van der Waals surface area contributed by atoms with Gasteiger partial charge in [0.15, 0.2) is 22.8 Å². The van der Waals surface area contributed by atoms with Gasteiger partial charge in [-0.15, -0.1) is 0 Å². The van der Waals surface area contributed by atoms with E-state index in [1.54, 1.807) is 20.5 Å². The topological polar surface area (TPSA) is 85.9 Å². The van der Waals surface area contributed by atoms with Gasteiger partial charge in [0.2, 0.25) is 0 Å². The molecule has 0 fully saturated rings. The summed E-state index contributed by atoms with van der Waals surface area (Å²) in [5.41, 5.74) is 2.41. The van der Waals surface area contributed by atoms with Gasteiger partial charge in [-0.25, -0.2) is 15.0 Å². The molecule has 0 saturated carbocycles. The number of aromatic nitrogens is 4. The SMILES string of the molecule is COc1ccc(Cn2cnc3c(C#N)ncnc32)cc1OC. The fraction of sp³-hybridized carbons (Fsp3) is 0.200. The summed E-state index contributed by atoms with van der Waals surface area (Å²) in [7, 11) is 3.20. The Hall–Kier alpha value is -3.14. The molecule has 3 aromatic rings. The number of nitriles is 1. The van der Waals surface area contributed by atoms with E-state index < -0.39 is 0 Å². The van der Waals surface area contributed by atoms with Crippen LogP contribution in [0.1, 0.15) is 11.3 Å². The fourth-order valence-electron chi connectivity index (χ4n) is 2.25. The minimum Gasteiger partial charge on any atom is -0.493 e. The van der Waals surface area contributed by atoms with E-state index in [1.165, 1.54) is 6.33 Å². The van der Waals surface area contributed by atoms with E-state index in [4.69, 9.17) is 14.7 Å². The van der Waals surface area contributed by atoms with Crippen LogP contribution in [0.5, 0.6) is 11.5 Å². The number of hydrogen-bond donors (Lipinski definition) is 0. The molecule has 2 aromatic heterocycles. The Bertz CT molecular complexity index is 866. The van der Waals surface area contributed by atoms with Gasteiger partial charge in [-0.05, 0) is 17.7 Å². The largest absolute Gasteiger partial charge is 0.493 e. The molecule has 0 atom stereocenters. The molecular formula is C15H13N5O2. The van der Waals surface area contributed by atoms with Crippen molar-refractivity contribution < 1.29 is 9.47 Å². The Morgan fingerprint density at radius 3 is 2.68 bits per heavy atom. The third-order valence-electron chi connectivity index (χ3n) is 3.31. The van der Waals surface area contributed by atoms with Crippen LogP contribution in [0.2, 0.25) is 0 Å². The van der Waals surface area contributed by atoms with E-state index in [1.807, 2.05) is 28.8 Å². The van der Waals surface area contributed by atoms with Gasteiger partial charge < -0.3 is 14.0 Å². The lowest BCUT2D eigenvalue weighted by atomic mass is 10.2. The van der Waals surface area contributed by atoms with E-state index in [9.17, 15) is 0 Å². The van der Waals surface area contributed by atoms with Crippen LogP contribution >= 0.6 is 0 Å². The number of benzene rings is 1. The minimum absolute atomic E-state index is 0.274. The maximum Gasteiger partial charge on any atom is 0.171 e. The molecule has 0 aliphatic carbocycles. The number of rotatable bonds is 4. The Balaban J connectivity index is 1.99. The molecule has 0 radical (unpaired) electrons. The van der Waals surface area contributed by atoms with E-state index in [0.29, 0.717) is 29.2 Å².